The van der Waals surface area contributed by atoms with Crippen LogP contribution in [-0.2, 0) is 4.74 Å². The Morgan fingerprint density at radius 1 is 1.03 bits per heavy atom. The van der Waals surface area contributed by atoms with Gasteiger partial charge in [-0.05, 0) is 47.5 Å². The third-order valence-corrected chi connectivity index (χ3v) is 6.09. The van der Waals surface area contributed by atoms with Crippen LogP contribution in [0, 0.1) is 0 Å². The van der Waals surface area contributed by atoms with Crippen molar-refractivity contribution in [2.24, 2.45) is 0 Å². The van der Waals surface area contributed by atoms with Gasteiger partial charge in [-0.1, -0.05) is 48.0 Å². The van der Waals surface area contributed by atoms with Gasteiger partial charge in [0.2, 0.25) is 0 Å². The fraction of sp³-hybridized carbons (Fsp3) is 0.120. The summed E-state index contributed by atoms with van der Waals surface area (Å²) in [5, 5.41) is 7.65. The van der Waals surface area contributed by atoms with Crippen LogP contribution in [0.25, 0.3) is 21.9 Å². The van der Waals surface area contributed by atoms with E-state index >= 15 is 0 Å². The van der Waals surface area contributed by atoms with Crippen molar-refractivity contribution in [3.63, 3.8) is 0 Å². The molecule has 0 saturated carbocycles. The van der Waals surface area contributed by atoms with E-state index in [0.29, 0.717) is 26.9 Å². The van der Waals surface area contributed by atoms with E-state index in [1.807, 2.05) is 47.8 Å². The molecular weight excluding hydrogens is 446 g/mol. The fourth-order valence-electron chi connectivity index (χ4n) is 3.45. The molecule has 0 saturated heterocycles. The van der Waals surface area contributed by atoms with Crippen molar-refractivity contribution in [1.29, 1.82) is 0 Å². The third-order valence-electron chi connectivity index (χ3n) is 4.96. The smallest absolute Gasteiger partial charge is 0.341 e. The van der Waals surface area contributed by atoms with E-state index in [4.69, 9.17) is 21.1 Å². The van der Waals surface area contributed by atoms with Gasteiger partial charge in [-0.3, -0.25) is 4.79 Å². The fourth-order valence-corrected chi connectivity index (χ4v) is 4.58. The number of benzene rings is 3. The predicted octanol–water partition coefficient (Wildman–Crippen LogP) is 6.66. The minimum absolute atomic E-state index is 0.224. The van der Waals surface area contributed by atoms with E-state index in [9.17, 15) is 9.59 Å². The lowest BCUT2D eigenvalue weighted by atomic mass is 10.00. The molecule has 0 aliphatic heterocycles. The highest BCUT2D eigenvalue weighted by atomic mass is 35.5. The van der Waals surface area contributed by atoms with Gasteiger partial charge in [0.05, 0.1) is 19.3 Å². The number of fused-ring (bicyclic) bond motifs is 1. The Labute approximate surface area is 194 Å². The second-order valence-electron chi connectivity index (χ2n) is 6.93. The molecule has 1 aromatic heterocycles. The number of hydrogen-bond donors (Lipinski definition) is 1. The van der Waals surface area contributed by atoms with Crippen molar-refractivity contribution in [2.45, 2.75) is 6.92 Å². The molecule has 0 bridgehead atoms. The second-order valence-corrected chi connectivity index (χ2v) is 8.25. The zero-order valence-corrected chi connectivity index (χ0v) is 19.0. The summed E-state index contributed by atoms with van der Waals surface area (Å²) in [5.41, 5.74) is 2.16. The number of amides is 1. The summed E-state index contributed by atoms with van der Waals surface area (Å²) in [6.45, 7) is 1.97. The molecule has 4 rings (SSSR count). The molecule has 4 aromatic rings. The molecule has 0 spiro atoms. The van der Waals surface area contributed by atoms with E-state index in [1.54, 1.807) is 19.1 Å². The summed E-state index contributed by atoms with van der Waals surface area (Å²) in [6.07, 6.45) is 0. The molecule has 7 heteroatoms. The zero-order valence-electron chi connectivity index (χ0n) is 17.5. The number of carbonyl (C=O) groups is 2. The number of ether oxygens (including phenoxy) is 2. The van der Waals surface area contributed by atoms with Gasteiger partial charge in [0.25, 0.3) is 5.91 Å². The number of thiophene rings is 1. The minimum Gasteiger partial charge on any atom is -0.496 e. The Kier molecular flexibility index (Phi) is 6.44. The van der Waals surface area contributed by atoms with Crippen molar-refractivity contribution >= 4 is 50.6 Å². The summed E-state index contributed by atoms with van der Waals surface area (Å²) in [6, 6.07) is 18.8. The molecule has 0 unspecified atom stereocenters. The van der Waals surface area contributed by atoms with Crippen LogP contribution in [0.5, 0.6) is 5.75 Å². The maximum absolute atomic E-state index is 13.0. The van der Waals surface area contributed by atoms with Gasteiger partial charge >= 0.3 is 5.97 Å². The Balaban J connectivity index is 1.76. The quantitative estimate of drug-likeness (QED) is 0.323. The van der Waals surface area contributed by atoms with Crippen LogP contribution in [0.15, 0.2) is 66.0 Å². The van der Waals surface area contributed by atoms with Crippen LogP contribution in [0.3, 0.4) is 0 Å². The number of methoxy groups -OCH3 is 1. The van der Waals surface area contributed by atoms with Gasteiger partial charge in [-0.25, -0.2) is 4.79 Å². The zero-order chi connectivity index (χ0) is 22.7. The number of anilines is 1. The first-order chi connectivity index (χ1) is 15.5. The first-order valence-electron chi connectivity index (χ1n) is 9.94. The van der Waals surface area contributed by atoms with E-state index in [-0.39, 0.29) is 12.2 Å². The minimum atomic E-state index is -0.495. The Hall–Kier alpha value is -3.35. The topological polar surface area (TPSA) is 64.6 Å². The largest absolute Gasteiger partial charge is 0.496 e. The molecule has 1 N–H and O–H groups in total. The van der Waals surface area contributed by atoms with Crippen LogP contribution < -0.4 is 10.1 Å². The van der Waals surface area contributed by atoms with Crippen molar-refractivity contribution in [2.75, 3.05) is 19.0 Å². The summed E-state index contributed by atoms with van der Waals surface area (Å²) >= 11 is 7.33. The second kappa shape index (κ2) is 9.42. The van der Waals surface area contributed by atoms with Crippen LogP contribution in [-0.4, -0.2) is 25.6 Å². The molecule has 1 heterocycles. The maximum atomic E-state index is 13.0. The lowest BCUT2D eigenvalue weighted by Crippen LogP contribution is -2.15. The lowest BCUT2D eigenvalue weighted by molar-refractivity contribution is 0.0529. The van der Waals surface area contributed by atoms with Gasteiger partial charge in [0.15, 0.2) is 0 Å². The average molecular weight is 466 g/mol. The number of nitrogens with one attached hydrogen (secondary N) is 1. The number of esters is 1. The van der Waals surface area contributed by atoms with Gasteiger partial charge in [0.1, 0.15) is 16.3 Å². The number of hydrogen-bond acceptors (Lipinski definition) is 5. The van der Waals surface area contributed by atoms with E-state index in [0.717, 1.165) is 16.3 Å². The molecule has 0 aliphatic carbocycles. The molecule has 0 fully saturated rings. The normalized spacial score (nSPS) is 10.7. The van der Waals surface area contributed by atoms with Crippen molar-refractivity contribution in [1.82, 2.24) is 0 Å². The van der Waals surface area contributed by atoms with Crippen LogP contribution in [0.2, 0.25) is 5.02 Å². The molecule has 0 aliphatic rings. The first kappa shape index (κ1) is 21.9. The summed E-state index contributed by atoms with van der Waals surface area (Å²) in [7, 11) is 1.48. The van der Waals surface area contributed by atoms with Crippen LogP contribution >= 0.6 is 22.9 Å². The molecule has 1 amide bonds. The first-order valence-corrected chi connectivity index (χ1v) is 11.2. The van der Waals surface area contributed by atoms with Gasteiger partial charge < -0.3 is 14.8 Å². The molecule has 32 heavy (non-hydrogen) atoms. The van der Waals surface area contributed by atoms with Crippen molar-refractivity contribution < 1.29 is 19.1 Å². The summed E-state index contributed by atoms with van der Waals surface area (Å²) < 4.78 is 10.6. The van der Waals surface area contributed by atoms with Crippen LogP contribution in [0.1, 0.15) is 27.6 Å². The Morgan fingerprint density at radius 3 is 2.56 bits per heavy atom. The highest BCUT2D eigenvalue weighted by Crippen LogP contribution is 2.38. The van der Waals surface area contributed by atoms with Crippen LogP contribution in [0.4, 0.5) is 5.00 Å². The number of rotatable bonds is 6. The molecular formula is C25H20ClNO4S. The lowest BCUT2D eigenvalue weighted by Gasteiger charge is -2.11. The third kappa shape index (κ3) is 4.33. The van der Waals surface area contributed by atoms with E-state index in [1.165, 1.54) is 24.5 Å². The monoisotopic (exact) mass is 465 g/mol. The van der Waals surface area contributed by atoms with Gasteiger partial charge in [0, 0.05) is 16.0 Å². The van der Waals surface area contributed by atoms with E-state index < -0.39 is 11.9 Å². The molecule has 0 atom stereocenters. The predicted molar refractivity (Wildman–Crippen MR) is 129 cm³/mol. The number of carbonyl (C=O) groups excluding carboxylic acids is 2. The summed E-state index contributed by atoms with van der Waals surface area (Å²) in [4.78, 5) is 25.9. The molecule has 5 nitrogen and oxygen atoms in total. The Morgan fingerprint density at radius 2 is 1.81 bits per heavy atom. The SMILES string of the molecule is CCOC(=O)c1c(-c2ccc3ccccc3c2)csc1NC(=O)c1cc(Cl)ccc1OC. The van der Waals surface area contributed by atoms with Crippen molar-refractivity contribution in [3.05, 3.63) is 82.2 Å². The maximum Gasteiger partial charge on any atom is 0.341 e. The van der Waals surface area contributed by atoms with Crippen molar-refractivity contribution in [3.8, 4) is 16.9 Å². The van der Waals surface area contributed by atoms with E-state index in [2.05, 4.69) is 5.32 Å². The highest BCUT2D eigenvalue weighted by Gasteiger charge is 2.24. The highest BCUT2D eigenvalue weighted by molar-refractivity contribution is 7.15. The molecule has 162 valence electrons. The standard InChI is InChI=1S/C25H20ClNO4S/c1-3-31-25(29)22-20(17-9-8-15-6-4-5-7-16(15)12-17)14-32-24(22)27-23(28)19-13-18(26)10-11-21(19)30-2/h4-14H,3H2,1-2H3,(H,27,28). The van der Waals surface area contributed by atoms with Gasteiger partial charge in [-0.2, -0.15) is 0 Å². The molecule has 0 radical (unpaired) electrons. The average Bonchev–Trinajstić information content (AvgIpc) is 3.22. The molecule has 3 aromatic carbocycles. The summed E-state index contributed by atoms with van der Waals surface area (Å²) in [5.74, 6) is -0.539. The Bertz CT molecular complexity index is 1310. The number of halogens is 1. The van der Waals surface area contributed by atoms with Gasteiger partial charge in [-0.15, -0.1) is 11.3 Å².